The third-order valence-electron chi connectivity index (χ3n) is 4.44. The van der Waals surface area contributed by atoms with Crippen molar-refractivity contribution in [3.63, 3.8) is 0 Å². The van der Waals surface area contributed by atoms with Crippen LogP contribution in [0.15, 0.2) is 0 Å². The molecular formula is C16H30N2O3. The van der Waals surface area contributed by atoms with Crippen LogP contribution in [0, 0.1) is 11.3 Å². The molecule has 0 aromatic carbocycles. The van der Waals surface area contributed by atoms with Gasteiger partial charge in [-0.25, -0.2) is 0 Å². The first kappa shape index (κ1) is 18.0. The maximum Gasteiger partial charge on any atom is 0.321 e. The quantitative estimate of drug-likeness (QED) is 0.788. The lowest BCUT2D eigenvalue weighted by atomic mass is 9.76. The van der Waals surface area contributed by atoms with E-state index >= 15 is 0 Å². The minimum atomic E-state index is -0.832. The van der Waals surface area contributed by atoms with Crippen LogP contribution >= 0.6 is 0 Å². The van der Waals surface area contributed by atoms with Crippen molar-refractivity contribution in [1.82, 2.24) is 10.2 Å². The highest BCUT2D eigenvalue weighted by molar-refractivity contribution is 5.83. The summed E-state index contributed by atoms with van der Waals surface area (Å²) in [6.45, 7) is 11.3. The maximum absolute atomic E-state index is 12.3. The molecule has 5 heteroatoms. The molecule has 1 saturated heterocycles. The molecular weight excluding hydrogens is 268 g/mol. The monoisotopic (exact) mass is 298 g/mol. The number of likely N-dealkylation sites (tertiary alicyclic amines) is 1. The van der Waals surface area contributed by atoms with Gasteiger partial charge in [0.25, 0.3) is 0 Å². The number of rotatable bonds is 6. The molecule has 2 unspecified atom stereocenters. The van der Waals surface area contributed by atoms with E-state index in [1.807, 2.05) is 25.7 Å². The average Bonchev–Trinajstić information content (AvgIpc) is 2.35. The topological polar surface area (TPSA) is 69.6 Å². The lowest BCUT2D eigenvalue weighted by Gasteiger charge is -2.46. The predicted molar refractivity (Wildman–Crippen MR) is 83.1 cm³/mol. The Balaban J connectivity index is 2.71. The number of aliphatic carboxylic acids is 1. The van der Waals surface area contributed by atoms with E-state index in [4.69, 9.17) is 0 Å². The molecule has 1 amide bonds. The van der Waals surface area contributed by atoms with Crippen molar-refractivity contribution < 1.29 is 14.7 Å². The largest absolute Gasteiger partial charge is 0.480 e. The summed E-state index contributed by atoms with van der Waals surface area (Å²) in [5.74, 6) is -0.359. The number of nitrogens with zero attached hydrogens (tertiary/aromatic N) is 1. The van der Waals surface area contributed by atoms with Gasteiger partial charge in [0.2, 0.25) is 5.91 Å². The van der Waals surface area contributed by atoms with Crippen molar-refractivity contribution in [3.05, 3.63) is 0 Å². The van der Waals surface area contributed by atoms with Gasteiger partial charge in [0.05, 0.1) is 6.04 Å². The van der Waals surface area contributed by atoms with Crippen molar-refractivity contribution in [2.75, 3.05) is 13.1 Å². The van der Waals surface area contributed by atoms with Gasteiger partial charge in [-0.15, -0.1) is 0 Å². The van der Waals surface area contributed by atoms with Crippen molar-refractivity contribution in [2.24, 2.45) is 11.3 Å². The van der Waals surface area contributed by atoms with Gasteiger partial charge in [-0.3, -0.25) is 14.5 Å². The summed E-state index contributed by atoms with van der Waals surface area (Å²) in [6, 6.07) is -1.00. The molecule has 122 valence electrons. The third kappa shape index (κ3) is 4.70. The summed E-state index contributed by atoms with van der Waals surface area (Å²) in [4.78, 5) is 25.7. The second kappa shape index (κ2) is 7.25. The number of amides is 1. The number of nitrogens with one attached hydrogen (secondary N) is 1. The van der Waals surface area contributed by atoms with E-state index in [2.05, 4.69) is 19.2 Å². The number of hydrogen-bond donors (Lipinski definition) is 2. The Morgan fingerprint density at radius 2 is 1.95 bits per heavy atom. The van der Waals surface area contributed by atoms with E-state index in [0.717, 1.165) is 19.3 Å². The third-order valence-corrected chi connectivity index (χ3v) is 4.44. The van der Waals surface area contributed by atoms with Crippen LogP contribution < -0.4 is 5.32 Å². The Morgan fingerprint density at radius 1 is 1.33 bits per heavy atom. The average molecular weight is 298 g/mol. The van der Waals surface area contributed by atoms with Crippen LogP contribution in [0.5, 0.6) is 0 Å². The van der Waals surface area contributed by atoms with Gasteiger partial charge in [-0.2, -0.15) is 0 Å². The van der Waals surface area contributed by atoms with Gasteiger partial charge in [0.15, 0.2) is 0 Å². The summed E-state index contributed by atoms with van der Waals surface area (Å²) in [6.07, 6.45) is 2.74. The number of piperidine rings is 1. The minimum Gasteiger partial charge on any atom is -0.480 e. The molecule has 0 bridgehead atoms. The summed E-state index contributed by atoms with van der Waals surface area (Å²) >= 11 is 0. The van der Waals surface area contributed by atoms with Crippen molar-refractivity contribution in [1.29, 1.82) is 0 Å². The molecule has 1 aliphatic rings. The number of hydrogen-bond acceptors (Lipinski definition) is 3. The highest BCUT2D eigenvalue weighted by Gasteiger charge is 2.45. The molecule has 2 atom stereocenters. The van der Waals surface area contributed by atoms with Crippen LogP contribution in [0.4, 0.5) is 0 Å². The molecule has 0 spiro atoms. The van der Waals surface area contributed by atoms with Gasteiger partial charge in [-0.1, -0.05) is 27.7 Å². The Labute approximate surface area is 128 Å². The van der Waals surface area contributed by atoms with Crippen LogP contribution in [0.25, 0.3) is 0 Å². The Kier molecular flexibility index (Phi) is 6.20. The highest BCUT2D eigenvalue weighted by atomic mass is 16.4. The Morgan fingerprint density at radius 3 is 2.48 bits per heavy atom. The molecule has 0 saturated carbocycles. The van der Waals surface area contributed by atoms with Crippen LogP contribution in [0.1, 0.15) is 53.9 Å². The predicted octanol–water partition coefficient (Wildman–Crippen LogP) is 2.11. The van der Waals surface area contributed by atoms with Crippen LogP contribution in [0.3, 0.4) is 0 Å². The molecule has 2 N–H and O–H groups in total. The summed E-state index contributed by atoms with van der Waals surface area (Å²) in [5.41, 5.74) is -0.309. The van der Waals surface area contributed by atoms with E-state index in [0.29, 0.717) is 19.0 Å². The fraction of sp³-hybridized carbons (Fsp3) is 0.875. The second-order valence-corrected chi connectivity index (χ2v) is 7.22. The van der Waals surface area contributed by atoms with Crippen molar-refractivity contribution in [2.45, 2.75) is 66.0 Å². The van der Waals surface area contributed by atoms with E-state index in [9.17, 15) is 14.7 Å². The highest BCUT2D eigenvalue weighted by Crippen LogP contribution is 2.36. The number of carbonyl (C=O) groups excluding carboxylic acids is 1. The molecule has 0 aromatic rings. The number of carboxylic acids is 1. The fourth-order valence-corrected chi connectivity index (χ4v) is 3.11. The first-order chi connectivity index (χ1) is 9.66. The lowest BCUT2D eigenvalue weighted by molar-refractivity contribution is -0.154. The molecule has 21 heavy (non-hydrogen) atoms. The van der Waals surface area contributed by atoms with Gasteiger partial charge in [0, 0.05) is 6.54 Å². The second-order valence-electron chi connectivity index (χ2n) is 7.22. The molecule has 1 aliphatic heterocycles. The smallest absolute Gasteiger partial charge is 0.321 e. The zero-order valence-electron chi connectivity index (χ0n) is 14.0. The van der Waals surface area contributed by atoms with Crippen molar-refractivity contribution in [3.8, 4) is 0 Å². The number of carboxylic acid groups (broad SMARTS) is 1. The van der Waals surface area contributed by atoms with Gasteiger partial charge >= 0.3 is 5.97 Å². The van der Waals surface area contributed by atoms with Crippen LogP contribution in [0.2, 0.25) is 0 Å². The lowest BCUT2D eigenvalue weighted by Crippen LogP contribution is -2.60. The standard InChI is InChI=1S/C16H30N2O3/c1-11(2)7-9-17-14(19)12(3)18-10-6-8-16(4,5)13(18)15(20)21/h11-13H,6-10H2,1-5H3,(H,17,19)(H,20,21). The summed E-state index contributed by atoms with van der Waals surface area (Å²) < 4.78 is 0. The Bertz CT molecular complexity index is 380. The molecule has 1 rings (SSSR count). The SMILES string of the molecule is CC(C)CCNC(=O)C(C)N1CCCC(C)(C)C1C(=O)O. The van der Waals surface area contributed by atoms with E-state index < -0.39 is 18.1 Å². The molecule has 0 aromatic heterocycles. The van der Waals surface area contributed by atoms with E-state index in [1.165, 1.54) is 0 Å². The zero-order chi connectivity index (χ0) is 16.2. The first-order valence-corrected chi connectivity index (χ1v) is 7.93. The van der Waals surface area contributed by atoms with Crippen molar-refractivity contribution >= 4 is 11.9 Å². The van der Waals surface area contributed by atoms with Gasteiger partial charge in [0.1, 0.15) is 6.04 Å². The van der Waals surface area contributed by atoms with Crippen LogP contribution in [-0.4, -0.2) is 47.1 Å². The van der Waals surface area contributed by atoms with E-state index in [1.54, 1.807) is 0 Å². The molecule has 1 fully saturated rings. The molecule has 0 aliphatic carbocycles. The van der Waals surface area contributed by atoms with E-state index in [-0.39, 0.29) is 11.3 Å². The minimum absolute atomic E-state index is 0.0698. The summed E-state index contributed by atoms with van der Waals surface area (Å²) in [7, 11) is 0. The molecule has 0 radical (unpaired) electrons. The first-order valence-electron chi connectivity index (χ1n) is 7.93. The fourth-order valence-electron chi connectivity index (χ4n) is 3.11. The summed E-state index contributed by atoms with van der Waals surface area (Å²) in [5, 5.41) is 12.5. The zero-order valence-corrected chi connectivity index (χ0v) is 14.0. The maximum atomic E-state index is 12.3. The van der Waals surface area contributed by atoms with Gasteiger partial charge in [-0.05, 0) is 44.1 Å². The molecule has 1 heterocycles. The number of carbonyl (C=O) groups is 2. The van der Waals surface area contributed by atoms with Gasteiger partial charge < -0.3 is 10.4 Å². The normalized spacial score (nSPS) is 23.8. The molecule has 5 nitrogen and oxygen atoms in total. The van der Waals surface area contributed by atoms with Crippen LogP contribution in [-0.2, 0) is 9.59 Å². The Hall–Kier alpha value is -1.10.